The Kier molecular flexibility index (Phi) is 5.10. The van der Waals surface area contributed by atoms with Gasteiger partial charge >= 0.3 is 0 Å². The highest BCUT2D eigenvalue weighted by molar-refractivity contribution is 6.07. The molecule has 0 radical (unpaired) electrons. The zero-order valence-electron chi connectivity index (χ0n) is 17.4. The van der Waals surface area contributed by atoms with Crippen LogP contribution in [-0.4, -0.2) is 55.4 Å². The van der Waals surface area contributed by atoms with Gasteiger partial charge < -0.3 is 14.5 Å². The lowest BCUT2D eigenvalue weighted by atomic mass is 10.0. The summed E-state index contributed by atoms with van der Waals surface area (Å²) < 4.78 is 5.57. The molecule has 0 N–H and O–H groups in total. The van der Waals surface area contributed by atoms with E-state index in [2.05, 4.69) is 0 Å². The Labute approximate surface area is 181 Å². The van der Waals surface area contributed by atoms with Crippen molar-refractivity contribution in [1.82, 2.24) is 4.90 Å². The third-order valence-electron chi connectivity index (χ3n) is 6.25. The van der Waals surface area contributed by atoms with Crippen molar-refractivity contribution in [3.63, 3.8) is 0 Å². The number of carbonyl (C=O) groups excluding carboxylic acids is 3. The average Bonchev–Trinajstić information content (AvgIpc) is 3.34. The van der Waals surface area contributed by atoms with Crippen LogP contribution in [0.2, 0.25) is 0 Å². The summed E-state index contributed by atoms with van der Waals surface area (Å²) in [7, 11) is 0. The molecule has 160 valence electrons. The number of amides is 3. The van der Waals surface area contributed by atoms with E-state index >= 15 is 0 Å². The Morgan fingerprint density at radius 1 is 0.935 bits per heavy atom. The van der Waals surface area contributed by atoms with Crippen LogP contribution in [0.25, 0.3) is 0 Å². The van der Waals surface area contributed by atoms with Gasteiger partial charge in [0.15, 0.2) is 6.61 Å². The van der Waals surface area contributed by atoms with Crippen molar-refractivity contribution in [2.75, 3.05) is 42.6 Å². The molecule has 3 amide bonds. The van der Waals surface area contributed by atoms with Crippen LogP contribution in [0.3, 0.4) is 0 Å². The van der Waals surface area contributed by atoms with E-state index < -0.39 is 0 Å². The van der Waals surface area contributed by atoms with Crippen molar-refractivity contribution in [3.8, 4) is 5.75 Å². The summed E-state index contributed by atoms with van der Waals surface area (Å²) in [6, 6.07) is 13.0. The van der Waals surface area contributed by atoms with E-state index in [0.29, 0.717) is 23.5 Å². The molecule has 1 saturated heterocycles. The Balaban J connectivity index is 1.41. The number of fused-ring (bicyclic) bond motifs is 2. The van der Waals surface area contributed by atoms with E-state index in [1.807, 2.05) is 29.2 Å². The highest BCUT2D eigenvalue weighted by Crippen LogP contribution is 2.34. The Morgan fingerprint density at radius 3 is 2.58 bits per heavy atom. The summed E-state index contributed by atoms with van der Waals surface area (Å²) in [6.45, 7) is 1.94. The largest absolute Gasteiger partial charge is 0.482 e. The molecule has 3 heterocycles. The summed E-state index contributed by atoms with van der Waals surface area (Å²) in [5.41, 5.74) is 3.06. The lowest BCUT2D eigenvalue weighted by Crippen LogP contribution is -2.47. The van der Waals surface area contributed by atoms with Gasteiger partial charge in [-0.05, 0) is 55.5 Å². The Hall–Kier alpha value is -3.35. The number of para-hydroxylation sites is 1. The number of aryl methyl sites for hydroxylation is 1. The van der Waals surface area contributed by atoms with Crippen LogP contribution in [0.1, 0.15) is 35.2 Å². The lowest BCUT2D eigenvalue weighted by Gasteiger charge is -2.34. The highest BCUT2D eigenvalue weighted by Gasteiger charge is 2.32. The maximum absolute atomic E-state index is 13.2. The molecule has 0 spiro atoms. The van der Waals surface area contributed by atoms with Gasteiger partial charge in [0.1, 0.15) is 12.3 Å². The molecule has 2 aromatic rings. The van der Waals surface area contributed by atoms with Crippen LogP contribution in [0.5, 0.6) is 5.75 Å². The number of anilines is 2. The van der Waals surface area contributed by atoms with Crippen LogP contribution < -0.4 is 14.5 Å². The summed E-state index contributed by atoms with van der Waals surface area (Å²) >= 11 is 0. The molecule has 0 bridgehead atoms. The molecule has 3 aliphatic rings. The summed E-state index contributed by atoms with van der Waals surface area (Å²) in [5, 5.41) is 0. The number of hydrogen-bond acceptors (Lipinski definition) is 4. The van der Waals surface area contributed by atoms with Gasteiger partial charge in [-0.1, -0.05) is 18.2 Å². The van der Waals surface area contributed by atoms with Crippen LogP contribution in [0, 0.1) is 0 Å². The molecule has 7 nitrogen and oxygen atoms in total. The second-order valence-corrected chi connectivity index (χ2v) is 8.23. The maximum Gasteiger partial charge on any atom is 0.265 e. The zero-order chi connectivity index (χ0) is 21.4. The van der Waals surface area contributed by atoms with E-state index in [4.69, 9.17) is 4.74 Å². The minimum Gasteiger partial charge on any atom is -0.482 e. The Morgan fingerprint density at radius 2 is 1.74 bits per heavy atom. The lowest BCUT2D eigenvalue weighted by molar-refractivity contribution is -0.124. The van der Waals surface area contributed by atoms with Crippen molar-refractivity contribution in [2.45, 2.75) is 25.7 Å². The first-order valence-corrected chi connectivity index (χ1v) is 10.9. The topological polar surface area (TPSA) is 70.2 Å². The van der Waals surface area contributed by atoms with E-state index in [1.165, 1.54) is 4.90 Å². The summed E-state index contributed by atoms with van der Waals surface area (Å²) in [4.78, 5) is 43.8. The van der Waals surface area contributed by atoms with E-state index in [1.54, 1.807) is 23.1 Å². The van der Waals surface area contributed by atoms with Crippen molar-refractivity contribution >= 4 is 29.1 Å². The van der Waals surface area contributed by atoms with Crippen LogP contribution in [0.15, 0.2) is 42.5 Å². The standard InChI is InChI=1S/C24H25N3O4/c28-22(26-13-5-7-17-6-1-2-8-19(17)26)15-27-20-14-18(24(30)25-11-3-4-12-25)9-10-21(20)31-16-23(27)29/h1-2,6,8-10,14H,3-5,7,11-13,15-16H2. The van der Waals surface area contributed by atoms with Crippen LogP contribution in [0.4, 0.5) is 11.4 Å². The molecule has 0 unspecified atom stereocenters. The number of likely N-dealkylation sites (tertiary alicyclic amines) is 1. The van der Waals surface area contributed by atoms with Gasteiger partial charge in [-0.15, -0.1) is 0 Å². The van der Waals surface area contributed by atoms with Gasteiger partial charge in [-0.2, -0.15) is 0 Å². The number of carbonyl (C=O) groups is 3. The van der Waals surface area contributed by atoms with Crippen molar-refractivity contribution in [1.29, 1.82) is 0 Å². The normalized spacial score (nSPS) is 17.8. The van der Waals surface area contributed by atoms with Gasteiger partial charge in [0.2, 0.25) is 5.91 Å². The molecular weight excluding hydrogens is 394 g/mol. The third-order valence-corrected chi connectivity index (χ3v) is 6.25. The SMILES string of the molecule is O=C(c1ccc2c(c1)N(CC(=O)N1CCCc3ccccc31)C(=O)CO2)N1CCCC1. The number of rotatable bonds is 3. The smallest absolute Gasteiger partial charge is 0.265 e. The van der Waals surface area contributed by atoms with Crippen molar-refractivity contribution < 1.29 is 19.1 Å². The molecule has 0 saturated carbocycles. The fourth-order valence-electron chi connectivity index (χ4n) is 4.62. The Bertz CT molecular complexity index is 1040. The molecular formula is C24H25N3O4. The predicted molar refractivity (Wildman–Crippen MR) is 117 cm³/mol. The summed E-state index contributed by atoms with van der Waals surface area (Å²) in [5.74, 6) is 0.0560. The molecule has 2 aromatic carbocycles. The van der Waals surface area contributed by atoms with E-state index in [0.717, 1.165) is 50.0 Å². The molecule has 5 rings (SSSR count). The molecule has 1 fully saturated rings. The van der Waals surface area contributed by atoms with Gasteiger partial charge in [0.05, 0.1) is 5.69 Å². The molecule has 0 aliphatic carbocycles. The van der Waals surface area contributed by atoms with Crippen molar-refractivity contribution in [2.24, 2.45) is 0 Å². The maximum atomic E-state index is 13.2. The van der Waals surface area contributed by atoms with Gasteiger partial charge in [0.25, 0.3) is 11.8 Å². The first-order chi connectivity index (χ1) is 15.1. The molecule has 31 heavy (non-hydrogen) atoms. The van der Waals surface area contributed by atoms with Gasteiger partial charge in [-0.3, -0.25) is 19.3 Å². The fraction of sp³-hybridized carbons (Fsp3) is 0.375. The van der Waals surface area contributed by atoms with Crippen LogP contribution in [-0.2, 0) is 16.0 Å². The minimum atomic E-state index is -0.281. The molecule has 0 aromatic heterocycles. The van der Waals surface area contributed by atoms with Crippen LogP contribution >= 0.6 is 0 Å². The minimum absolute atomic E-state index is 0.0467. The molecule has 3 aliphatic heterocycles. The zero-order valence-corrected chi connectivity index (χ0v) is 17.4. The monoisotopic (exact) mass is 419 g/mol. The molecule has 0 atom stereocenters. The number of benzene rings is 2. The first-order valence-electron chi connectivity index (χ1n) is 10.9. The summed E-state index contributed by atoms with van der Waals surface area (Å²) in [6.07, 6.45) is 3.86. The average molecular weight is 419 g/mol. The number of ether oxygens (including phenoxy) is 1. The van der Waals surface area contributed by atoms with E-state index in [-0.39, 0.29) is 30.9 Å². The van der Waals surface area contributed by atoms with Crippen molar-refractivity contribution in [3.05, 3.63) is 53.6 Å². The fourth-order valence-corrected chi connectivity index (χ4v) is 4.62. The number of nitrogens with zero attached hydrogens (tertiary/aromatic N) is 3. The van der Waals surface area contributed by atoms with Gasteiger partial charge in [-0.25, -0.2) is 0 Å². The molecule has 7 heteroatoms. The quantitative estimate of drug-likeness (QED) is 0.767. The number of hydrogen-bond donors (Lipinski definition) is 0. The van der Waals surface area contributed by atoms with E-state index in [9.17, 15) is 14.4 Å². The first kappa shape index (κ1) is 19.6. The highest BCUT2D eigenvalue weighted by atomic mass is 16.5. The second-order valence-electron chi connectivity index (χ2n) is 8.23. The van der Waals surface area contributed by atoms with Gasteiger partial charge in [0, 0.05) is 30.9 Å². The second kappa shape index (κ2) is 8.06. The predicted octanol–water partition coefficient (Wildman–Crippen LogP) is 2.63. The third kappa shape index (κ3) is 3.65.